The number of carboxylic acids is 1. The van der Waals surface area contributed by atoms with Crippen LogP contribution in [-0.4, -0.2) is 50.6 Å². The van der Waals surface area contributed by atoms with E-state index in [4.69, 9.17) is 14.2 Å². The van der Waals surface area contributed by atoms with Crippen LogP contribution in [-0.2, 0) is 20.6 Å². The van der Waals surface area contributed by atoms with Crippen molar-refractivity contribution in [1.29, 1.82) is 0 Å². The number of imidazole rings is 1. The van der Waals surface area contributed by atoms with Gasteiger partial charge in [-0.05, 0) is 18.6 Å². The molecule has 0 saturated carbocycles. The SMILES string of the molecule is COc1cc(C(=O)O)cc(OC)c1OCCCn1cnc2c1c(=O)n(C)c(=O)n2C. The fraction of sp³-hybridized carbons (Fsp3) is 0.368. The van der Waals surface area contributed by atoms with Gasteiger partial charge in [-0.15, -0.1) is 0 Å². The second-order valence-corrected chi connectivity index (χ2v) is 6.53. The van der Waals surface area contributed by atoms with Crippen LogP contribution in [0.15, 0.2) is 28.0 Å². The van der Waals surface area contributed by atoms with Crippen molar-refractivity contribution in [2.45, 2.75) is 13.0 Å². The van der Waals surface area contributed by atoms with Crippen LogP contribution in [0.1, 0.15) is 16.8 Å². The standard InChI is InChI=1S/C19H22N4O7/c1-21-16-14(17(24)22(2)19(21)27)23(10-20-16)6-5-7-30-15-12(28-3)8-11(18(25)26)9-13(15)29-4/h8-10H,5-7H2,1-4H3,(H,25,26). The highest BCUT2D eigenvalue weighted by Crippen LogP contribution is 2.38. The van der Waals surface area contributed by atoms with Gasteiger partial charge >= 0.3 is 11.7 Å². The van der Waals surface area contributed by atoms with E-state index in [-0.39, 0.29) is 23.7 Å². The van der Waals surface area contributed by atoms with Gasteiger partial charge in [0.25, 0.3) is 5.56 Å². The van der Waals surface area contributed by atoms with Gasteiger partial charge in [0.2, 0.25) is 5.75 Å². The van der Waals surface area contributed by atoms with Crippen molar-refractivity contribution in [3.63, 3.8) is 0 Å². The van der Waals surface area contributed by atoms with Crippen molar-refractivity contribution in [1.82, 2.24) is 18.7 Å². The van der Waals surface area contributed by atoms with Gasteiger partial charge in [0, 0.05) is 20.6 Å². The highest BCUT2D eigenvalue weighted by Gasteiger charge is 2.18. The van der Waals surface area contributed by atoms with Gasteiger partial charge in [-0.25, -0.2) is 14.6 Å². The second kappa shape index (κ2) is 8.31. The lowest BCUT2D eigenvalue weighted by molar-refractivity contribution is 0.0696. The van der Waals surface area contributed by atoms with Crippen molar-refractivity contribution in [3.8, 4) is 17.2 Å². The minimum atomic E-state index is -1.11. The van der Waals surface area contributed by atoms with Crippen LogP contribution in [0.5, 0.6) is 17.2 Å². The summed E-state index contributed by atoms with van der Waals surface area (Å²) >= 11 is 0. The molecule has 3 aromatic rings. The average Bonchev–Trinajstić information content (AvgIpc) is 3.17. The first-order chi connectivity index (χ1) is 14.3. The van der Waals surface area contributed by atoms with Crippen LogP contribution in [0.3, 0.4) is 0 Å². The number of carbonyl (C=O) groups is 1. The van der Waals surface area contributed by atoms with E-state index in [0.717, 1.165) is 4.57 Å². The molecule has 0 unspecified atom stereocenters. The molecule has 160 valence electrons. The molecule has 30 heavy (non-hydrogen) atoms. The van der Waals surface area contributed by atoms with Gasteiger partial charge in [-0.2, -0.15) is 0 Å². The van der Waals surface area contributed by atoms with E-state index in [2.05, 4.69) is 4.98 Å². The Labute approximate surface area is 170 Å². The van der Waals surface area contributed by atoms with Crippen molar-refractivity contribution in [2.24, 2.45) is 14.1 Å². The molecule has 11 nitrogen and oxygen atoms in total. The number of hydrogen-bond donors (Lipinski definition) is 1. The van der Waals surface area contributed by atoms with Gasteiger partial charge < -0.3 is 23.9 Å². The highest BCUT2D eigenvalue weighted by atomic mass is 16.5. The maximum Gasteiger partial charge on any atom is 0.335 e. The molecule has 1 N–H and O–H groups in total. The topological polar surface area (TPSA) is 127 Å². The normalized spacial score (nSPS) is 10.9. The lowest BCUT2D eigenvalue weighted by Gasteiger charge is -2.15. The Morgan fingerprint density at radius 2 is 1.73 bits per heavy atom. The predicted octanol–water partition coefficient (Wildman–Crippen LogP) is 0.618. The monoisotopic (exact) mass is 418 g/mol. The number of methoxy groups -OCH3 is 2. The highest BCUT2D eigenvalue weighted by molar-refractivity contribution is 5.89. The first-order valence-corrected chi connectivity index (χ1v) is 9.03. The number of aromatic nitrogens is 4. The number of carboxylic acid groups (broad SMARTS) is 1. The van der Waals surface area contributed by atoms with Gasteiger partial charge in [-0.1, -0.05) is 0 Å². The van der Waals surface area contributed by atoms with Crippen molar-refractivity contribution in [3.05, 3.63) is 44.9 Å². The summed E-state index contributed by atoms with van der Waals surface area (Å²) in [5.41, 5.74) is -0.191. The number of benzene rings is 1. The first-order valence-electron chi connectivity index (χ1n) is 9.03. The number of nitrogens with zero attached hydrogens (tertiary/aromatic N) is 4. The zero-order valence-corrected chi connectivity index (χ0v) is 17.0. The molecule has 2 aromatic heterocycles. The lowest BCUT2D eigenvalue weighted by atomic mass is 10.2. The third-order valence-electron chi connectivity index (χ3n) is 4.71. The Hall–Kier alpha value is -3.76. The molecule has 0 fully saturated rings. The molecule has 11 heteroatoms. The largest absolute Gasteiger partial charge is 0.493 e. The molecule has 0 aliphatic heterocycles. The van der Waals surface area contributed by atoms with Crippen LogP contribution in [0.4, 0.5) is 0 Å². The fourth-order valence-corrected chi connectivity index (χ4v) is 3.12. The summed E-state index contributed by atoms with van der Waals surface area (Å²) in [5.74, 6) is -0.340. The number of aryl methyl sites for hydroxylation is 2. The molecule has 0 bridgehead atoms. The van der Waals surface area contributed by atoms with E-state index < -0.39 is 17.2 Å². The molecule has 3 rings (SSSR count). The number of hydrogen-bond acceptors (Lipinski definition) is 7. The van der Waals surface area contributed by atoms with E-state index in [0.29, 0.717) is 29.9 Å². The lowest BCUT2D eigenvalue weighted by Crippen LogP contribution is -2.37. The number of aromatic carboxylic acids is 1. The second-order valence-electron chi connectivity index (χ2n) is 6.53. The number of rotatable bonds is 8. The zero-order valence-electron chi connectivity index (χ0n) is 17.0. The van der Waals surface area contributed by atoms with E-state index >= 15 is 0 Å². The van der Waals surface area contributed by atoms with E-state index in [1.54, 1.807) is 11.6 Å². The molecule has 0 radical (unpaired) electrons. The Balaban J connectivity index is 1.78. The molecule has 0 spiro atoms. The zero-order chi connectivity index (χ0) is 22.0. The van der Waals surface area contributed by atoms with Crippen LogP contribution in [0.2, 0.25) is 0 Å². The third-order valence-corrected chi connectivity index (χ3v) is 4.71. The molecule has 0 aliphatic rings. The van der Waals surface area contributed by atoms with E-state index in [1.165, 1.54) is 44.3 Å². The molecule has 0 aliphatic carbocycles. The van der Waals surface area contributed by atoms with Crippen LogP contribution in [0, 0.1) is 0 Å². The quantitative estimate of drug-likeness (QED) is 0.528. The maximum absolute atomic E-state index is 12.5. The summed E-state index contributed by atoms with van der Waals surface area (Å²) in [6.07, 6.45) is 2.01. The molecular weight excluding hydrogens is 396 g/mol. The van der Waals surface area contributed by atoms with Crippen LogP contribution in [0.25, 0.3) is 11.2 Å². The molecule has 0 amide bonds. The number of ether oxygens (including phenoxy) is 3. The van der Waals surface area contributed by atoms with Crippen molar-refractivity contribution in [2.75, 3.05) is 20.8 Å². The molecular formula is C19H22N4O7. The summed E-state index contributed by atoms with van der Waals surface area (Å²) in [6.45, 7) is 0.659. The van der Waals surface area contributed by atoms with E-state index in [1.807, 2.05) is 0 Å². The van der Waals surface area contributed by atoms with Gasteiger partial charge in [0.05, 0.1) is 32.7 Å². The molecule has 1 aromatic carbocycles. The minimum Gasteiger partial charge on any atom is -0.493 e. The minimum absolute atomic E-state index is 0.0161. The Morgan fingerprint density at radius 3 is 2.30 bits per heavy atom. The number of fused-ring (bicyclic) bond motifs is 1. The molecule has 0 saturated heterocycles. The Kier molecular flexibility index (Phi) is 5.81. The maximum atomic E-state index is 12.5. The summed E-state index contributed by atoms with van der Waals surface area (Å²) in [4.78, 5) is 39.9. The van der Waals surface area contributed by atoms with Crippen LogP contribution < -0.4 is 25.5 Å². The van der Waals surface area contributed by atoms with Gasteiger partial charge in [-0.3, -0.25) is 13.9 Å². The van der Waals surface area contributed by atoms with E-state index in [9.17, 15) is 19.5 Å². The van der Waals surface area contributed by atoms with Crippen molar-refractivity contribution >= 4 is 17.1 Å². The first kappa shape index (κ1) is 21.0. The summed E-state index contributed by atoms with van der Waals surface area (Å²) < 4.78 is 20.3. The summed E-state index contributed by atoms with van der Waals surface area (Å²) in [7, 11) is 5.80. The smallest absolute Gasteiger partial charge is 0.335 e. The Morgan fingerprint density at radius 1 is 1.10 bits per heavy atom. The predicted molar refractivity (Wildman–Crippen MR) is 107 cm³/mol. The fourth-order valence-electron chi connectivity index (χ4n) is 3.12. The molecule has 0 atom stereocenters. The third kappa shape index (κ3) is 3.61. The van der Waals surface area contributed by atoms with Gasteiger partial charge in [0.1, 0.15) is 0 Å². The Bertz CT molecular complexity index is 1200. The summed E-state index contributed by atoms with van der Waals surface area (Å²) in [5, 5.41) is 9.19. The van der Waals surface area contributed by atoms with Crippen molar-refractivity contribution < 1.29 is 24.1 Å². The van der Waals surface area contributed by atoms with Crippen LogP contribution >= 0.6 is 0 Å². The summed E-state index contributed by atoms with van der Waals surface area (Å²) in [6, 6.07) is 2.71. The van der Waals surface area contributed by atoms with Gasteiger partial charge in [0.15, 0.2) is 22.7 Å². The molecule has 2 heterocycles. The average molecular weight is 418 g/mol.